The number of fused-ring (bicyclic) bond motifs is 1. The van der Waals surface area contributed by atoms with Gasteiger partial charge in [-0.15, -0.1) is 0 Å². The molecule has 3 aromatic rings. The average molecular weight is 402 g/mol. The first-order valence-corrected chi connectivity index (χ1v) is 9.62. The van der Waals surface area contributed by atoms with Crippen molar-refractivity contribution in [1.29, 1.82) is 0 Å². The molecule has 1 aromatic carbocycles. The molecule has 1 amide bonds. The van der Waals surface area contributed by atoms with Crippen LogP contribution in [-0.4, -0.2) is 38.4 Å². The number of pyridine rings is 1. The van der Waals surface area contributed by atoms with Crippen LogP contribution in [0.3, 0.4) is 0 Å². The number of likely N-dealkylation sites (tertiary alicyclic amines) is 1. The molecule has 0 radical (unpaired) electrons. The lowest BCUT2D eigenvalue weighted by atomic mass is 10.0. The van der Waals surface area contributed by atoms with E-state index in [-0.39, 0.29) is 11.9 Å². The molecule has 1 aliphatic heterocycles. The van der Waals surface area contributed by atoms with E-state index in [2.05, 4.69) is 9.97 Å². The van der Waals surface area contributed by atoms with Crippen LogP contribution in [0.4, 0.5) is 13.2 Å². The lowest BCUT2D eigenvalue weighted by molar-refractivity contribution is -0.137. The Hall–Kier alpha value is -2.90. The van der Waals surface area contributed by atoms with Gasteiger partial charge in [-0.3, -0.25) is 9.78 Å². The first-order valence-electron chi connectivity index (χ1n) is 9.62. The van der Waals surface area contributed by atoms with Gasteiger partial charge in [0.2, 0.25) is 5.91 Å². The number of benzene rings is 1. The lowest BCUT2D eigenvalue weighted by Gasteiger charge is -2.33. The van der Waals surface area contributed by atoms with Gasteiger partial charge in [0.25, 0.3) is 0 Å². The van der Waals surface area contributed by atoms with Crippen molar-refractivity contribution in [3.63, 3.8) is 0 Å². The fourth-order valence-electron chi connectivity index (χ4n) is 3.85. The Balaban J connectivity index is 1.37. The maximum Gasteiger partial charge on any atom is 0.416 e. The smallest absolute Gasteiger partial charge is 0.343 e. The number of imidazole rings is 1. The van der Waals surface area contributed by atoms with Crippen molar-refractivity contribution in [2.45, 2.75) is 37.9 Å². The number of aryl methyl sites for hydroxylation is 1. The van der Waals surface area contributed by atoms with Crippen molar-refractivity contribution in [2.24, 2.45) is 0 Å². The highest BCUT2D eigenvalue weighted by Gasteiger charge is 2.31. The second kappa shape index (κ2) is 7.85. The van der Waals surface area contributed by atoms with E-state index in [4.69, 9.17) is 0 Å². The Bertz CT molecular complexity index is 992. The minimum Gasteiger partial charge on any atom is -0.343 e. The van der Waals surface area contributed by atoms with E-state index in [9.17, 15) is 18.0 Å². The van der Waals surface area contributed by atoms with Gasteiger partial charge in [0.1, 0.15) is 0 Å². The number of carbonyl (C=O) groups excluding carboxylic acids is 1. The maximum absolute atomic E-state index is 12.9. The van der Waals surface area contributed by atoms with Gasteiger partial charge in [0.15, 0.2) is 0 Å². The van der Waals surface area contributed by atoms with Crippen molar-refractivity contribution >= 4 is 16.9 Å². The largest absolute Gasteiger partial charge is 0.416 e. The number of amides is 1. The van der Waals surface area contributed by atoms with Crippen LogP contribution in [-0.2, 0) is 17.4 Å². The molecule has 0 atom stereocenters. The Kier molecular flexibility index (Phi) is 5.25. The van der Waals surface area contributed by atoms with Gasteiger partial charge < -0.3 is 9.47 Å². The monoisotopic (exact) mass is 402 g/mol. The first kappa shape index (κ1) is 19.4. The van der Waals surface area contributed by atoms with Crippen molar-refractivity contribution in [2.75, 3.05) is 13.1 Å². The third kappa shape index (κ3) is 4.26. The molecule has 4 rings (SSSR count). The molecule has 152 valence electrons. The highest BCUT2D eigenvalue weighted by molar-refractivity contribution is 5.77. The second-order valence-corrected chi connectivity index (χ2v) is 7.33. The topological polar surface area (TPSA) is 51.0 Å². The number of hydrogen-bond acceptors (Lipinski definition) is 3. The summed E-state index contributed by atoms with van der Waals surface area (Å²) >= 11 is 0. The number of rotatable bonds is 4. The highest BCUT2D eigenvalue weighted by atomic mass is 19.4. The fourth-order valence-corrected chi connectivity index (χ4v) is 3.85. The summed E-state index contributed by atoms with van der Waals surface area (Å²) in [6, 6.07) is 7.61. The summed E-state index contributed by atoms with van der Waals surface area (Å²) in [6.07, 6.45) is 3.34. The third-order valence-corrected chi connectivity index (χ3v) is 5.46. The van der Waals surface area contributed by atoms with Gasteiger partial charge in [-0.2, -0.15) is 13.2 Å². The Morgan fingerprint density at radius 2 is 1.97 bits per heavy atom. The SMILES string of the molecule is O=C(CCc1cccnc1)N1CCC(n2cnc3cc(C(F)(F)F)ccc32)CC1. The van der Waals surface area contributed by atoms with Crippen LogP contribution >= 0.6 is 0 Å². The van der Waals surface area contributed by atoms with Gasteiger partial charge >= 0.3 is 6.18 Å². The van der Waals surface area contributed by atoms with E-state index in [0.717, 1.165) is 30.5 Å². The minimum atomic E-state index is -4.38. The summed E-state index contributed by atoms with van der Waals surface area (Å²) < 4.78 is 40.6. The number of halogens is 3. The summed E-state index contributed by atoms with van der Waals surface area (Å²) in [5.41, 5.74) is 1.39. The molecule has 0 bridgehead atoms. The first-order chi connectivity index (χ1) is 13.9. The average Bonchev–Trinajstić information content (AvgIpc) is 3.15. The minimum absolute atomic E-state index is 0.123. The molecule has 0 saturated carbocycles. The van der Waals surface area contributed by atoms with Gasteiger partial charge in [-0.05, 0) is 49.1 Å². The number of piperidine rings is 1. The molecular weight excluding hydrogens is 381 g/mol. The number of carbonyl (C=O) groups is 1. The van der Waals surface area contributed by atoms with Crippen molar-refractivity contribution in [3.8, 4) is 0 Å². The summed E-state index contributed by atoms with van der Waals surface area (Å²) in [7, 11) is 0. The summed E-state index contributed by atoms with van der Waals surface area (Å²) in [5.74, 6) is 0.123. The number of aromatic nitrogens is 3. The zero-order valence-corrected chi connectivity index (χ0v) is 15.8. The second-order valence-electron chi connectivity index (χ2n) is 7.33. The summed E-state index contributed by atoms with van der Waals surface area (Å²) in [6.45, 7) is 1.27. The molecule has 1 aliphatic rings. The molecule has 1 fully saturated rings. The van der Waals surface area contributed by atoms with E-state index in [1.807, 2.05) is 21.6 Å². The normalized spacial score (nSPS) is 15.8. The Morgan fingerprint density at radius 3 is 2.66 bits per heavy atom. The van der Waals surface area contributed by atoms with Crippen molar-refractivity contribution in [3.05, 3.63) is 60.2 Å². The highest BCUT2D eigenvalue weighted by Crippen LogP contribution is 2.33. The molecule has 3 heterocycles. The maximum atomic E-state index is 12.9. The van der Waals surface area contributed by atoms with Gasteiger partial charge in [-0.25, -0.2) is 4.98 Å². The molecule has 5 nitrogen and oxygen atoms in total. The number of alkyl halides is 3. The van der Waals surface area contributed by atoms with Gasteiger partial charge in [-0.1, -0.05) is 6.07 Å². The molecule has 2 aromatic heterocycles. The quantitative estimate of drug-likeness (QED) is 0.656. The summed E-state index contributed by atoms with van der Waals surface area (Å²) in [4.78, 5) is 22.6. The molecule has 0 spiro atoms. The van der Waals surface area contributed by atoms with Gasteiger partial charge in [0.05, 0.1) is 22.9 Å². The van der Waals surface area contributed by atoms with Crippen LogP contribution in [0.1, 0.15) is 36.4 Å². The van der Waals surface area contributed by atoms with Crippen LogP contribution < -0.4 is 0 Å². The van der Waals surface area contributed by atoms with Crippen LogP contribution in [0.25, 0.3) is 11.0 Å². The van der Waals surface area contributed by atoms with Crippen LogP contribution in [0.15, 0.2) is 49.1 Å². The van der Waals surface area contributed by atoms with Gasteiger partial charge in [0, 0.05) is 37.9 Å². The number of hydrogen-bond donors (Lipinski definition) is 0. The zero-order valence-electron chi connectivity index (χ0n) is 15.8. The molecule has 8 heteroatoms. The number of nitrogens with zero attached hydrogens (tertiary/aromatic N) is 4. The molecular formula is C21H21F3N4O. The third-order valence-electron chi connectivity index (χ3n) is 5.46. The van der Waals surface area contributed by atoms with E-state index in [1.54, 1.807) is 18.7 Å². The van der Waals surface area contributed by atoms with Crippen LogP contribution in [0.2, 0.25) is 0 Å². The standard InChI is InChI=1S/C21H21F3N4O/c22-21(23,24)16-4-5-19-18(12-16)26-14-28(19)17-7-10-27(11-8-17)20(29)6-3-15-2-1-9-25-13-15/h1-2,4-5,9,12-14,17H,3,6-8,10-11H2. The van der Waals surface area contributed by atoms with E-state index in [0.29, 0.717) is 37.0 Å². The predicted octanol–water partition coefficient (Wildman–Crippen LogP) is 4.25. The lowest BCUT2D eigenvalue weighted by Crippen LogP contribution is -2.39. The van der Waals surface area contributed by atoms with E-state index >= 15 is 0 Å². The molecule has 1 saturated heterocycles. The van der Waals surface area contributed by atoms with E-state index < -0.39 is 11.7 Å². The Labute approximate surface area is 166 Å². The zero-order chi connectivity index (χ0) is 20.4. The predicted molar refractivity (Wildman–Crippen MR) is 102 cm³/mol. The van der Waals surface area contributed by atoms with E-state index in [1.165, 1.54) is 6.07 Å². The molecule has 0 unspecified atom stereocenters. The Morgan fingerprint density at radius 1 is 1.17 bits per heavy atom. The van der Waals surface area contributed by atoms with Crippen LogP contribution in [0, 0.1) is 0 Å². The molecule has 0 aliphatic carbocycles. The fraction of sp³-hybridized carbons (Fsp3) is 0.381. The van der Waals surface area contributed by atoms with Crippen LogP contribution in [0.5, 0.6) is 0 Å². The molecule has 0 N–H and O–H groups in total. The molecule has 29 heavy (non-hydrogen) atoms. The summed E-state index contributed by atoms with van der Waals surface area (Å²) in [5, 5.41) is 0. The van der Waals surface area contributed by atoms with Crippen molar-refractivity contribution < 1.29 is 18.0 Å². The van der Waals surface area contributed by atoms with Crippen molar-refractivity contribution in [1.82, 2.24) is 19.4 Å².